The number of hydrogen-bond donors (Lipinski definition) is 3. The number of hydrogen-bond acceptors (Lipinski definition) is 5. The maximum Gasteiger partial charge on any atom is 0.250 e. The third kappa shape index (κ3) is 3.05. The number of carbonyl (C=O) groups is 1. The van der Waals surface area contributed by atoms with Gasteiger partial charge in [-0.15, -0.1) is 11.3 Å². The second kappa shape index (κ2) is 5.87. The molecule has 0 unspecified atom stereocenters. The van der Waals surface area contributed by atoms with Gasteiger partial charge in [-0.1, -0.05) is 6.92 Å². The number of nitrogens with zero attached hydrogens (tertiary/aromatic N) is 1. The Labute approximate surface area is 119 Å². The molecule has 106 valence electrons. The lowest BCUT2D eigenvalue weighted by atomic mass is 10.1. The van der Waals surface area contributed by atoms with Crippen molar-refractivity contribution in [2.75, 3.05) is 11.1 Å². The van der Waals surface area contributed by atoms with Crippen molar-refractivity contribution in [1.29, 1.82) is 0 Å². The van der Waals surface area contributed by atoms with Crippen LogP contribution in [0.4, 0.5) is 15.8 Å². The highest BCUT2D eigenvalue weighted by Crippen LogP contribution is 2.23. The molecule has 0 aliphatic heterocycles. The lowest BCUT2D eigenvalue weighted by molar-refractivity contribution is 0.100. The summed E-state index contributed by atoms with van der Waals surface area (Å²) in [5, 5.41) is 3.74. The summed E-state index contributed by atoms with van der Waals surface area (Å²) in [7, 11) is 0. The van der Waals surface area contributed by atoms with E-state index < -0.39 is 11.7 Å². The highest BCUT2D eigenvalue weighted by molar-refractivity contribution is 7.11. The van der Waals surface area contributed by atoms with Crippen LogP contribution in [0.5, 0.6) is 0 Å². The first kappa shape index (κ1) is 14.3. The minimum absolute atomic E-state index is 0.0306. The van der Waals surface area contributed by atoms with Crippen LogP contribution < -0.4 is 16.8 Å². The summed E-state index contributed by atoms with van der Waals surface area (Å²) >= 11 is 1.56. The molecule has 0 bridgehead atoms. The molecule has 20 heavy (non-hydrogen) atoms. The summed E-state index contributed by atoms with van der Waals surface area (Å²) in [6.45, 7) is 2.42. The first-order valence-electron chi connectivity index (χ1n) is 6.07. The van der Waals surface area contributed by atoms with Gasteiger partial charge in [-0.2, -0.15) is 0 Å². The van der Waals surface area contributed by atoms with Crippen LogP contribution in [0.15, 0.2) is 18.3 Å². The zero-order chi connectivity index (χ0) is 14.7. The molecular formula is C13H15FN4OS. The topological polar surface area (TPSA) is 94.0 Å². The maximum absolute atomic E-state index is 13.8. The number of nitrogens with two attached hydrogens (primary N) is 2. The number of nitrogens with one attached hydrogen (secondary N) is 1. The zero-order valence-corrected chi connectivity index (χ0v) is 11.8. The molecule has 0 radical (unpaired) electrons. The van der Waals surface area contributed by atoms with Crippen LogP contribution in [0.25, 0.3) is 0 Å². The van der Waals surface area contributed by atoms with Crippen LogP contribution in [0.1, 0.15) is 27.2 Å². The quantitative estimate of drug-likeness (QED) is 0.736. The maximum atomic E-state index is 13.8. The molecule has 0 spiro atoms. The first-order valence-corrected chi connectivity index (χ1v) is 6.89. The number of benzene rings is 1. The van der Waals surface area contributed by atoms with Gasteiger partial charge in [0.2, 0.25) is 0 Å². The van der Waals surface area contributed by atoms with Gasteiger partial charge in [0.15, 0.2) is 0 Å². The second-order valence-electron chi connectivity index (χ2n) is 4.21. The smallest absolute Gasteiger partial charge is 0.250 e. The summed E-state index contributed by atoms with van der Waals surface area (Å²) in [5.41, 5.74) is 11.0. The van der Waals surface area contributed by atoms with Gasteiger partial charge in [0.25, 0.3) is 5.91 Å². The fourth-order valence-electron chi connectivity index (χ4n) is 1.70. The number of aromatic nitrogens is 1. The van der Waals surface area contributed by atoms with Crippen molar-refractivity contribution in [2.45, 2.75) is 19.9 Å². The van der Waals surface area contributed by atoms with Crippen molar-refractivity contribution in [3.8, 4) is 0 Å². The van der Waals surface area contributed by atoms with Gasteiger partial charge in [-0.25, -0.2) is 9.37 Å². The minimum atomic E-state index is -0.687. The Morgan fingerprint density at radius 3 is 2.85 bits per heavy atom. The number of carbonyl (C=O) groups excluding carboxylic acids is 1. The molecule has 5 nitrogen and oxygen atoms in total. The molecule has 1 aromatic carbocycles. The summed E-state index contributed by atoms with van der Waals surface area (Å²) in [6, 6.07) is 2.41. The summed E-state index contributed by atoms with van der Waals surface area (Å²) in [6.07, 6.45) is 2.72. The van der Waals surface area contributed by atoms with Crippen LogP contribution in [-0.2, 0) is 13.0 Å². The Kier molecular flexibility index (Phi) is 4.19. The van der Waals surface area contributed by atoms with Gasteiger partial charge < -0.3 is 16.8 Å². The van der Waals surface area contributed by atoms with Crippen molar-refractivity contribution in [3.05, 3.63) is 39.6 Å². The second-order valence-corrected chi connectivity index (χ2v) is 5.41. The molecule has 7 heteroatoms. The number of rotatable bonds is 5. The number of aryl methyl sites for hydroxylation is 1. The molecule has 1 aromatic heterocycles. The minimum Gasteiger partial charge on any atom is -0.398 e. The third-order valence-corrected chi connectivity index (χ3v) is 3.93. The summed E-state index contributed by atoms with van der Waals surface area (Å²) in [5.74, 6) is -1.21. The van der Waals surface area contributed by atoms with Crippen LogP contribution in [-0.4, -0.2) is 10.9 Å². The standard InChI is InChI=1S/C13H15FN4OS/c1-2-7-5-18-12(20-7)6-17-11-3-8(13(16)19)10(15)4-9(11)14/h3-5,17H,2,6,15H2,1H3,(H2,16,19). The van der Waals surface area contributed by atoms with E-state index in [0.717, 1.165) is 22.4 Å². The Morgan fingerprint density at radius 1 is 1.50 bits per heavy atom. The molecule has 1 heterocycles. The number of anilines is 2. The molecule has 0 aliphatic rings. The normalized spacial score (nSPS) is 10.5. The van der Waals surface area contributed by atoms with Gasteiger partial charge in [0, 0.05) is 16.8 Å². The Balaban J connectivity index is 2.16. The molecule has 5 N–H and O–H groups in total. The number of amides is 1. The van der Waals surface area contributed by atoms with Gasteiger partial charge in [0.1, 0.15) is 10.8 Å². The number of thiazole rings is 1. The van der Waals surface area contributed by atoms with Gasteiger partial charge in [0.05, 0.1) is 17.8 Å². The number of nitrogen functional groups attached to an aromatic ring is 1. The fourth-order valence-corrected chi connectivity index (χ4v) is 2.50. The highest BCUT2D eigenvalue weighted by Gasteiger charge is 2.12. The van der Waals surface area contributed by atoms with Crippen molar-refractivity contribution in [1.82, 2.24) is 4.98 Å². The Bertz CT molecular complexity index is 641. The van der Waals surface area contributed by atoms with Gasteiger partial charge in [-0.3, -0.25) is 4.79 Å². The number of primary amides is 1. The highest BCUT2D eigenvalue weighted by atomic mass is 32.1. The molecule has 0 atom stereocenters. The third-order valence-electron chi connectivity index (χ3n) is 2.78. The average molecular weight is 294 g/mol. The van der Waals surface area contributed by atoms with E-state index in [0.29, 0.717) is 6.54 Å². The molecule has 2 rings (SSSR count). The lowest BCUT2D eigenvalue weighted by Crippen LogP contribution is -2.14. The van der Waals surface area contributed by atoms with E-state index in [1.807, 2.05) is 6.92 Å². The predicted molar refractivity (Wildman–Crippen MR) is 78.1 cm³/mol. The monoisotopic (exact) mass is 294 g/mol. The predicted octanol–water partition coefficient (Wildman–Crippen LogP) is 2.14. The summed E-state index contributed by atoms with van der Waals surface area (Å²) < 4.78 is 13.8. The SMILES string of the molecule is CCc1cnc(CNc2cc(C(N)=O)c(N)cc2F)s1. The van der Waals surface area contributed by atoms with Gasteiger partial charge >= 0.3 is 0 Å². The van der Waals surface area contributed by atoms with Crippen LogP contribution in [0.2, 0.25) is 0 Å². The number of halogens is 1. The van der Waals surface area contributed by atoms with Crippen LogP contribution in [0.3, 0.4) is 0 Å². The Hall–Kier alpha value is -2.15. The van der Waals surface area contributed by atoms with Crippen molar-refractivity contribution < 1.29 is 9.18 Å². The first-order chi connectivity index (χ1) is 9.51. The fraction of sp³-hybridized carbons (Fsp3) is 0.231. The molecule has 0 fully saturated rings. The molecule has 1 amide bonds. The van der Waals surface area contributed by atoms with E-state index in [9.17, 15) is 9.18 Å². The molecule has 0 saturated carbocycles. The van der Waals surface area contributed by atoms with E-state index in [1.54, 1.807) is 17.5 Å². The summed E-state index contributed by atoms with van der Waals surface area (Å²) in [4.78, 5) is 16.6. The van der Waals surface area contributed by atoms with E-state index >= 15 is 0 Å². The molecule has 0 aliphatic carbocycles. The van der Waals surface area contributed by atoms with Crippen LogP contribution >= 0.6 is 11.3 Å². The van der Waals surface area contributed by atoms with Crippen molar-refractivity contribution in [3.63, 3.8) is 0 Å². The average Bonchev–Trinajstić information content (AvgIpc) is 2.85. The molecular weight excluding hydrogens is 279 g/mol. The lowest BCUT2D eigenvalue weighted by Gasteiger charge is -2.09. The zero-order valence-electron chi connectivity index (χ0n) is 10.9. The molecule has 2 aromatic rings. The van der Waals surface area contributed by atoms with E-state index in [2.05, 4.69) is 10.3 Å². The Morgan fingerprint density at radius 2 is 2.25 bits per heavy atom. The van der Waals surface area contributed by atoms with Crippen LogP contribution in [0, 0.1) is 5.82 Å². The largest absolute Gasteiger partial charge is 0.398 e. The molecule has 0 saturated heterocycles. The van der Waals surface area contributed by atoms with Gasteiger partial charge in [-0.05, 0) is 18.6 Å². The van der Waals surface area contributed by atoms with Crippen molar-refractivity contribution >= 4 is 28.6 Å². The van der Waals surface area contributed by atoms with Crippen molar-refractivity contribution in [2.24, 2.45) is 5.73 Å². The van der Waals surface area contributed by atoms with E-state index in [1.165, 1.54) is 6.07 Å². The van der Waals surface area contributed by atoms with E-state index in [4.69, 9.17) is 11.5 Å². The van der Waals surface area contributed by atoms with E-state index in [-0.39, 0.29) is 16.9 Å².